The summed E-state index contributed by atoms with van der Waals surface area (Å²) in [5.41, 5.74) is 11.8. The van der Waals surface area contributed by atoms with Crippen molar-refractivity contribution in [3.05, 3.63) is 65.0 Å². The SMILES string of the molecule is CC1(C)CCOc2c(C(=O)NC3CN4C(N)=N[C@@H](CNC(=O)c5ccc(F)cc5)C5N=C(N)NC54C3(O)O)cccc21. The molecular weight excluding hydrogens is 547 g/mol. The molecule has 2 aromatic carbocycles. The molecule has 0 bridgehead atoms. The summed E-state index contributed by atoms with van der Waals surface area (Å²) < 4.78 is 19.2. The molecule has 1 spiro atoms. The maximum Gasteiger partial charge on any atom is 0.255 e. The highest BCUT2D eigenvalue weighted by Crippen LogP contribution is 2.45. The second kappa shape index (κ2) is 9.56. The van der Waals surface area contributed by atoms with E-state index in [1.54, 1.807) is 12.1 Å². The van der Waals surface area contributed by atoms with E-state index in [0.29, 0.717) is 12.4 Å². The zero-order chi connectivity index (χ0) is 30.0. The van der Waals surface area contributed by atoms with Gasteiger partial charge in [-0.05, 0) is 42.2 Å². The molecule has 1 saturated heterocycles. The van der Waals surface area contributed by atoms with E-state index in [4.69, 9.17) is 16.2 Å². The van der Waals surface area contributed by atoms with Crippen molar-refractivity contribution in [2.75, 3.05) is 19.7 Å². The van der Waals surface area contributed by atoms with Gasteiger partial charge >= 0.3 is 0 Å². The lowest BCUT2D eigenvalue weighted by Gasteiger charge is -2.49. The molecule has 6 rings (SSSR count). The van der Waals surface area contributed by atoms with E-state index in [2.05, 4.69) is 39.8 Å². The van der Waals surface area contributed by atoms with Crippen LogP contribution in [0.25, 0.3) is 0 Å². The van der Waals surface area contributed by atoms with Crippen LogP contribution in [0.2, 0.25) is 0 Å². The van der Waals surface area contributed by atoms with Gasteiger partial charge in [0, 0.05) is 24.2 Å². The van der Waals surface area contributed by atoms with Gasteiger partial charge in [0.05, 0.1) is 18.2 Å². The smallest absolute Gasteiger partial charge is 0.255 e. The van der Waals surface area contributed by atoms with Crippen molar-refractivity contribution in [3.63, 3.8) is 0 Å². The number of guanidine groups is 2. The van der Waals surface area contributed by atoms with Crippen molar-refractivity contribution in [3.8, 4) is 5.75 Å². The van der Waals surface area contributed by atoms with Crippen LogP contribution in [0.4, 0.5) is 4.39 Å². The van der Waals surface area contributed by atoms with Crippen molar-refractivity contribution in [1.82, 2.24) is 20.9 Å². The molecule has 2 aromatic rings. The Balaban J connectivity index is 1.26. The number of hydrogen-bond acceptors (Lipinski definition) is 11. The van der Waals surface area contributed by atoms with Crippen LogP contribution in [0.5, 0.6) is 5.75 Å². The number of carbonyl (C=O) groups is 2. The number of nitrogens with zero attached hydrogens (tertiary/aromatic N) is 3. The normalized spacial score (nSPS) is 28.2. The second-order valence-electron chi connectivity index (χ2n) is 11.6. The van der Waals surface area contributed by atoms with Gasteiger partial charge in [-0.25, -0.2) is 14.4 Å². The lowest BCUT2D eigenvalue weighted by Crippen LogP contribution is -2.78. The summed E-state index contributed by atoms with van der Waals surface area (Å²) in [6, 6.07) is 7.20. The average Bonchev–Trinajstić information content (AvgIpc) is 3.41. The quantitative estimate of drug-likeness (QED) is 0.219. The molecule has 0 aliphatic carbocycles. The Morgan fingerprint density at radius 3 is 2.62 bits per heavy atom. The first-order valence-corrected chi connectivity index (χ1v) is 13.6. The largest absolute Gasteiger partial charge is 0.492 e. The van der Waals surface area contributed by atoms with E-state index in [9.17, 15) is 24.2 Å². The van der Waals surface area contributed by atoms with Gasteiger partial charge in [-0.1, -0.05) is 26.0 Å². The van der Waals surface area contributed by atoms with Gasteiger partial charge in [-0.2, -0.15) is 0 Å². The molecule has 222 valence electrons. The van der Waals surface area contributed by atoms with E-state index >= 15 is 0 Å². The molecule has 9 N–H and O–H groups in total. The van der Waals surface area contributed by atoms with Gasteiger partial charge in [0.25, 0.3) is 11.8 Å². The number of benzene rings is 2. The number of hydrogen-bond donors (Lipinski definition) is 7. The van der Waals surface area contributed by atoms with E-state index < -0.39 is 47.2 Å². The highest BCUT2D eigenvalue weighted by molar-refractivity contribution is 5.98. The van der Waals surface area contributed by atoms with E-state index in [0.717, 1.165) is 12.0 Å². The predicted molar refractivity (Wildman–Crippen MR) is 150 cm³/mol. The molecule has 42 heavy (non-hydrogen) atoms. The third kappa shape index (κ3) is 4.12. The average molecular weight is 581 g/mol. The van der Waals surface area contributed by atoms with Gasteiger partial charge in [0.1, 0.15) is 23.7 Å². The predicted octanol–water partition coefficient (Wildman–Crippen LogP) is -0.910. The molecule has 4 aliphatic heterocycles. The molecule has 13 nitrogen and oxygen atoms in total. The molecule has 3 unspecified atom stereocenters. The highest BCUT2D eigenvalue weighted by atomic mass is 19.1. The number of halogens is 1. The molecule has 0 saturated carbocycles. The maximum absolute atomic E-state index is 13.6. The molecule has 4 atom stereocenters. The first-order valence-electron chi connectivity index (χ1n) is 13.6. The Morgan fingerprint density at radius 1 is 1.14 bits per heavy atom. The Bertz CT molecular complexity index is 1510. The minimum Gasteiger partial charge on any atom is -0.492 e. The van der Waals surface area contributed by atoms with Gasteiger partial charge in [-0.15, -0.1) is 0 Å². The van der Waals surface area contributed by atoms with Crippen LogP contribution in [0.15, 0.2) is 52.4 Å². The van der Waals surface area contributed by atoms with Gasteiger partial charge in [0.15, 0.2) is 17.6 Å². The number of amides is 2. The summed E-state index contributed by atoms with van der Waals surface area (Å²) in [6.45, 7) is 4.38. The van der Waals surface area contributed by atoms with Gasteiger partial charge < -0.3 is 47.3 Å². The zero-order valence-corrected chi connectivity index (χ0v) is 23.1. The summed E-state index contributed by atoms with van der Waals surface area (Å²) in [4.78, 5) is 36.5. The molecule has 2 amide bonds. The van der Waals surface area contributed by atoms with Gasteiger partial charge in [-0.3, -0.25) is 9.59 Å². The van der Waals surface area contributed by atoms with E-state index in [-0.39, 0.29) is 41.6 Å². The number of ether oxygens (including phenoxy) is 1. The molecule has 1 fully saturated rings. The number of carbonyl (C=O) groups excluding carboxylic acids is 2. The van der Waals surface area contributed by atoms with Crippen LogP contribution in [0, 0.1) is 5.82 Å². The van der Waals surface area contributed by atoms with Crippen LogP contribution < -0.4 is 32.2 Å². The van der Waals surface area contributed by atoms with Crippen molar-refractivity contribution in [2.45, 2.75) is 55.3 Å². The Kier molecular flexibility index (Phi) is 6.31. The second-order valence-corrected chi connectivity index (χ2v) is 11.6. The molecule has 14 heteroatoms. The standard InChI is InChI=1S/C28H33FN8O5/c1-26(2)10-11-42-20-16(4-3-5-17(20)26)23(39)34-19-13-37-25(31)33-18(12-32-22(38)14-6-8-15(29)9-7-14)21-27(37,28(19,40)41)36-24(30)35-21/h3-9,18-19,21,40-41H,10-13H2,1-2H3,(H2,31,33)(H,32,38)(H,34,39)(H3,30,35,36)/t18-,19?,21?,27?/m0/s1. The van der Waals surface area contributed by atoms with Crippen LogP contribution in [0.3, 0.4) is 0 Å². The number of para-hydroxylation sites is 1. The Hall–Kier alpha value is -4.43. The molecule has 4 aliphatic rings. The lowest BCUT2D eigenvalue weighted by molar-refractivity contribution is -0.230. The number of fused-ring (bicyclic) bond motifs is 1. The highest BCUT2D eigenvalue weighted by Gasteiger charge is 2.73. The molecule has 0 radical (unpaired) electrons. The summed E-state index contributed by atoms with van der Waals surface area (Å²) in [7, 11) is 0. The van der Waals surface area contributed by atoms with Crippen molar-refractivity contribution in [2.24, 2.45) is 21.5 Å². The molecular formula is C28H33FN8O5. The first kappa shape index (κ1) is 27.7. The molecule has 0 aromatic heterocycles. The number of rotatable bonds is 5. The number of nitrogens with two attached hydrogens (primary N) is 2. The fraction of sp³-hybridized carbons (Fsp3) is 0.429. The summed E-state index contributed by atoms with van der Waals surface area (Å²) >= 11 is 0. The van der Waals surface area contributed by atoms with E-state index in [1.165, 1.54) is 29.2 Å². The van der Waals surface area contributed by atoms with Crippen molar-refractivity contribution in [1.29, 1.82) is 0 Å². The number of aliphatic hydroxyl groups is 2. The third-order valence-corrected chi connectivity index (χ3v) is 8.65. The van der Waals surface area contributed by atoms with Crippen molar-refractivity contribution < 1.29 is 28.9 Å². The summed E-state index contributed by atoms with van der Waals surface area (Å²) in [5.74, 6) is -3.85. The lowest BCUT2D eigenvalue weighted by atomic mass is 9.79. The fourth-order valence-electron chi connectivity index (χ4n) is 6.34. The number of nitrogens with one attached hydrogen (secondary N) is 3. The van der Waals surface area contributed by atoms with E-state index in [1.807, 2.05) is 6.07 Å². The Labute approximate surface area is 240 Å². The summed E-state index contributed by atoms with van der Waals surface area (Å²) in [5, 5.41) is 31.7. The molecule has 4 heterocycles. The van der Waals surface area contributed by atoms with Gasteiger partial charge in [0.2, 0.25) is 5.79 Å². The minimum absolute atomic E-state index is 0.0592. The topological polar surface area (TPSA) is 200 Å². The Morgan fingerprint density at radius 2 is 1.88 bits per heavy atom. The first-order chi connectivity index (χ1) is 19.8. The minimum atomic E-state index is -2.65. The monoisotopic (exact) mass is 580 g/mol. The van der Waals surface area contributed by atoms with Crippen LogP contribution >= 0.6 is 0 Å². The number of aliphatic imine (C=N–C) groups is 2. The maximum atomic E-state index is 13.6. The summed E-state index contributed by atoms with van der Waals surface area (Å²) in [6.07, 6.45) is 0.792. The van der Waals surface area contributed by atoms with Crippen LogP contribution in [-0.2, 0) is 5.41 Å². The van der Waals surface area contributed by atoms with Crippen LogP contribution in [0.1, 0.15) is 46.5 Å². The third-order valence-electron chi connectivity index (χ3n) is 8.65. The fourth-order valence-corrected chi connectivity index (χ4v) is 6.34. The zero-order valence-electron chi connectivity index (χ0n) is 23.1. The van der Waals surface area contributed by atoms with Crippen LogP contribution in [-0.4, -0.2) is 88.1 Å². The van der Waals surface area contributed by atoms with Crippen molar-refractivity contribution >= 4 is 23.7 Å².